The molecule has 6 nitrogen and oxygen atoms in total. The van der Waals surface area contributed by atoms with Crippen LogP contribution in [0.4, 0.5) is 9.59 Å². The van der Waals surface area contributed by atoms with E-state index < -0.39 is 18.0 Å². The van der Waals surface area contributed by atoms with Crippen molar-refractivity contribution in [2.75, 3.05) is 0 Å². The Bertz CT molecular complexity index is 482. The average Bonchev–Trinajstić information content (AvgIpc) is 2.46. The minimum Gasteiger partial charge on any atom is -0.450 e. The van der Waals surface area contributed by atoms with Gasteiger partial charge in [-0.15, -0.1) is 0 Å². The number of carboxylic acid groups (broad SMARTS) is 1. The van der Waals surface area contributed by atoms with Gasteiger partial charge in [-0.1, -0.05) is 36.8 Å². The molecule has 0 saturated heterocycles. The van der Waals surface area contributed by atoms with Crippen LogP contribution >= 0.6 is 0 Å². The van der Waals surface area contributed by atoms with Crippen molar-refractivity contribution in [1.29, 1.82) is 0 Å². The van der Waals surface area contributed by atoms with E-state index in [1.54, 1.807) is 0 Å². The number of carbonyl (C=O) groups excluding carboxylic acids is 1. The van der Waals surface area contributed by atoms with Crippen LogP contribution in [0.3, 0.4) is 0 Å². The third-order valence-corrected chi connectivity index (χ3v) is 3.49. The van der Waals surface area contributed by atoms with E-state index in [-0.39, 0.29) is 6.61 Å². The normalized spacial score (nSPS) is 16.8. The first-order valence-electron chi connectivity index (χ1n) is 7.00. The Morgan fingerprint density at radius 1 is 1.14 bits per heavy atom. The van der Waals surface area contributed by atoms with Gasteiger partial charge in [-0.25, -0.2) is 9.59 Å². The number of rotatable bonds is 4. The summed E-state index contributed by atoms with van der Waals surface area (Å²) in [6.45, 7) is 0.135. The van der Waals surface area contributed by atoms with E-state index in [9.17, 15) is 9.59 Å². The molecule has 0 heterocycles. The first-order valence-corrected chi connectivity index (χ1v) is 7.00. The summed E-state index contributed by atoms with van der Waals surface area (Å²) in [6.07, 6.45) is 1.52. The summed E-state index contributed by atoms with van der Waals surface area (Å²) >= 11 is 0. The second kappa shape index (κ2) is 6.97. The Morgan fingerprint density at radius 2 is 1.81 bits per heavy atom. The van der Waals surface area contributed by atoms with E-state index in [2.05, 4.69) is 5.32 Å². The van der Waals surface area contributed by atoms with Crippen molar-refractivity contribution in [3.05, 3.63) is 35.9 Å². The molecule has 1 aliphatic rings. The molecule has 0 spiro atoms. The SMILES string of the molecule is O=C(O)OC1(NC(=O)OCc2ccccc2)CCCCC1. The Balaban J connectivity index is 1.90. The zero-order valence-corrected chi connectivity index (χ0v) is 11.7. The van der Waals surface area contributed by atoms with Gasteiger partial charge < -0.3 is 14.6 Å². The first kappa shape index (κ1) is 15.2. The van der Waals surface area contributed by atoms with E-state index in [1.807, 2.05) is 30.3 Å². The molecule has 0 atom stereocenters. The molecule has 1 aliphatic carbocycles. The van der Waals surface area contributed by atoms with Crippen LogP contribution in [0.1, 0.15) is 37.7 Å². The van der Waals surface area contributed by atoms with Crippen LogP contribution in [0.5, 0.6) is 0 Å². The fourth-order valence-corrected chi connectivity index (χ4v) is 2.49. The van der Waals surface area contributed by atoms with Crippen molar-refractivity contribution >= 4 is 12.2 Å². The number of alkyl carbamates (subject to hydrolysis) is 1. The zero-order valence-electron chi connectivity index (χ0n) is 11.7. The van der Waals surface area contributed by atoms with Gasteiger partial charge in [0.25, 0.3) is 0 Å². The molecule has 2 rings (SSSR count). The predicted molar refractivity (Wildman–Crippen MR) is 74.7 cm³/mol. The maximum absolute atomic E-state index is 11.9. The van der Waals surface area contributed by atoms with E-state index in [4.69, 9.17) is 14.6 Å². The summed E-state index contributed by atoms with van der Waals surface area (Å²) < 4.78 is 10.0. The molecule has 1 amide bonds. The molecule has 0 aromatic heterocycles. The molecule has 0 aliphatic heterocycles. The highest BCUT2D eigenvalue weighted by Crippen LogP contribution is 2.29. The van der Waals surface area contributed by atoms with Gasteiger partial charge in [0.05, 0.1) is 0 Å². The number of hydrogen-bond acceptors (Lipinski definition) is 4. The summed E-state index contributed by atoms with van der Waals surface area (Å²) in [6, 6.07) is 9.27. The topological polar surface area (TPSA) is 84.9 Å². The van der Waals surface area contributed by atoms with Crippen molar-refractivity contribution in [2.24, 2.45) is 0 Å². The highest BCUT2D eigenvalue weighted by molar-refractivity contribution is 5.69. The monoisotopic (exact) mass is 293 g/mol. The highest BCUT2D eigenvalue weighted by atomic mass is 16.7. The quantitative estimate of drug-likeness (QED) is 0.657. The molecule has 1 aromatic carbocycles. The smallest absolute Gasteiger partial charge is 0.450 e. The largest absolute Gasteiger partial charge is 0.507 e. The molecular formula is C15H19NO5. The standard InChI is InChI=1S/C15H19NO5/c17-13(20-11-12-7-3-1-4-8-12)16-15(21-14(18)19)9-5-2-6-10-15/h1,3-4,7-8H,2,5-6,9-11H2,(H,16,17)(H,18,19). The van der Waals surface area contributed by atoms with Gasteiger partial charge >= 0.3 is 12.2 Å². The lowest BCUT2D eigenvalue weighted by molar-refractivity contribution is -0.0614. The summed E-state index contributed by atoms with van der Waals surface area (Å²) in [5, 5.41) is 11.4. The van der Waals surface area contributed by atoms with Crippen LogP contribution in [-0.4, -0.2) is 23.1 Å². The third-order valence-electron chi connectivity index (χ3n) is 3.49. The first-order chi connectivity index (χ1) is 10.1. The number of amides is 1. The van der Waals surface area contributed by atoms with Crippen molar-refractivity contribution in [1.82, 2.24) is 5.32 Å². The summed E-state index contributed by atoms with van der Waals surface area (Å²) in [4.78, 5) is 22.7. The van der Waals surface area contributed by atoms with E-state index in [0.29, 0.717) is 12.8 Å². The molecule has 21 heavy (non-hydrogen) atoms. The van der Waals surface area contributed by atoms with Gasteiger partial charge in [-0.05, 0) is 18.4 Å². The molecule has 1 saturated carbocycles. The fraction of sp³-hybridized carbons (Fsp3) is 0.467. The van der Waals surface area contributed by atoms with Gasteiger partial charge in [0, 0.05) is 12.8 Å². The molecule has 0 radical (unpaired) electrons. The maximum Gasteiger partial charge on any atom is 0.507 e. The Hall–Kier alpha value is -2.24. The van der Waals surface area contributed by atoms with Crippen LogP contribution in [-0.2, 0) is 16.1 Å². The predicted octanol–water partition coefficient (Wildman–Crippen LogP) is 3.27. The molecule has 0 bridgehead atoms. The second-order valence-electron chi connectivity index (χ2n) is 5.11. The number of carbonyl (C=O) groups is 2. The Kier molecular flexibility index (Phi) is 5.03. The van der Waals surface area contributed by atoms with Gasteiger partial charge in [0.15, 0.2) is 5.72 Å². The van der Waals surface area contributed by atoms with E-state index in [1.165, 1.54) is 0 Å². The molecule has 2 N–H and O–H groups in total. The minimum atomic E-state index is -1.39. The van der Waals surface area contributed by atoms with Gasteiger partial charge in [0.2, 0.25) is 0 Å². The number of hydrogen-bond donors (Lipinski definition) is 2. The van der Waals surface area contributed by atoms with Gasteiger partial charge in [-0.2, -0.15) is 0 Å². The maximum atomic E-state index is 11.9. The molecule has 6 heteroatoms. The highest BCUT2D eigenvalue weighted by Gasteiger charge is 2.38. The van der Waals surface area contributed by atoms with Crippen molar-refractivity contribution in [3.63, 3.8) is 0 Å². The van der Waals surface area contributed by atoms with Crippen LogP contribution < -0.4 is 5.32 Å². The Labute approximate surface area is 123 Å². The number of ether oxygens (including phenoxy) is 2. The van der Waals surface area contributed by atoms with Gasteiger partial charge in [0.1, 0.15) is 6.61 Å². The minimum absolute atomic E-state index is 0.135. The van der Waals surface area contributed by atoms with Crippen LogP contribution in [0.25, 0.3) is 0 Å². The molecule has 1 fully saturated rings. The number of benzene rings is 1. The lowest BCUT2D eigenvalue weighted by atomic mass is 9.91. The van der Waals surface area contributed by atoms with Crippen LogP contribution in [0.2, 0.25) is 0 Å². The van der Waals surface area contributed by atoms with Crippen molar-refractivity contribution in [3.8, 4) is 0 Å². The van der Waals surface area contributed by atoms with E-state index >= 15 is 0 Å². The second-order valence-corrected chi connectivity index (χ2v) is 5.11. The molecule has 1 aromatic rings. The van der Waals surface area contributed by atoms with E-state index in [0.717, 1.165) is 24.8 Å². The third kappa shape index (κ3) is 4.66. The summed E-state index contributed by atoms with van der Waals surface area (Å²) in [5.74, 6) is 0. The van der Waals surface area contributed by atoms with Crippen LogP contribution in [0.15, 0.2) is 30.3 Å². The average molecular weight is 293 g/mol. The lowest BCUT2D eigenvalue weighted by Gasteiger charge is -2.35. The van der Waals surface area contributed by atoms with Crippen molar-refractivity contribution in [2.45, 2.75) is 44.4 Å². The molecule has 0 unspecified atom stereocenters. The van der Waals surface area contributed by atoms with Crippen molar-refractivity contribution < 1.29 is 24.2 Å². The number of nitrogens with one attached hydrogen (secondary N) is 1. The van der Waals surface area contributed by atoms with Crippen LogP contribution in [0, 0.1) is 0 Å². The fourth-order valence-electron chi connectivity index (χ4n) is 2.49. The summed E-state index contributed by atoms with van der Waals surface area (Å²) in [5.41, 5.74) is -0.290. The Morgan fingerprint density at radius 3 is 2.43 bits per heavy atom. The zero-order chi connectivity index (χ0) is 15.1. The van der Waals surface area contributed by atoms with Gasteiger partial charge in [-0.3, -0.25) is 5.32 Å². The molecule has 114 valence electrons. The lowest BCUT2D eigenvalue weighted by Crippen LogP contribution is -2.52. The summed E-state index contributed by atoms with van der Waals surface area (Å²) in [7, 11) is 0. The molecular weight excluding hydrogens is 274 g/mol.